The molecule has 0 unspecified atom stereocenters. The van der Waals surface area contributed by atoms with E-state index in [4.69, 9.17) is 0 Å². The van der Waals surface area contributed by atoms with Gasteiger partial charge in [-0.2, -0.15) is 13.2 Å². The Bertz CT molecular complexity index is 704. The van der Waals surface area contributed by atoms with Crippen LogP contribution in [0.25, 0.3) is 10.9 Å². The second kappa shape index (κ2) is 8.78. The van der Waals surface area contributed by atoms with Crippen molar-refractivity contribution in [3.63, 3.8) is 0 Å². The molecule has 1 aromatic carbocycles. The number of hydrogen-bond donors (Lipinski definition) is 3. The van der Waals surface area contributed by atoms with Gasteiger partial charge in [-0.3, -0.25) is 4.99 Å². The Balaban J connectivity index is 1.94. The summed E-state index contributed by atoms with van der Waals surface area (Å²) >= 11 is 0. The fourth-order valence-corrected chi connectivity index (χ4v) is 2.73. The van der Waals surface area contributed by atoms with Crippen LogP contribution < -0.4 is 10.6 Å². The van der Waals surface area contributed by atoms with Crippen LogP contribution in [0.2, 0.25) is 0 Å². The first kappa shape index (κ1) is 19.1. The normalized spacial score (nSPS) is 12.6. The maximum absolute atomic E-state index is 12.2. The summed E-state index contributed by atoms with van der Waals surface area (Å²) < 4.78 is 36.7. The number of halogens is 3. The highest BCUT2D eigenvalue weighted by atomic mass is 19.4. The lowest BCUT2D eigenvalue weighted by Gasteiger charge is -2.11. The van der Waals surface area contributed by atoms with Gasteiger partial charge in [0.05, 0.1) is 13.0 Å². The number of aliphatic imine (C=N–C) groups is 1. The second-order valence-corrected chi connectivity index (χ2v) is 5.81. The first-order valence-electron chi connectivity index (χ1n) is 8.61. The zero-order valence-electron chi connectivity index (χ0n) is 14.6. The number of nitrogens with zero attached hydrogens (tertiary/aromatic N) is 1. The Morgan fingerprint density at radius 1 is 1.16 bits per heavy atom. The third-order valence-electron chi connectivity index (χ3n) is 3.96. The molecule has 0 saturated heterocycles. The molecule has 0 aliphatic rings. The molecule has 0 aliphatic heterocycles. The van der Waals surface area contributed by atoms with Crippen molar-refractivity contribution in [3.8, 4) is 0 Å². The molecule has 7 heteroatoms. The fraction of sp³-hybridized carbons (Fsp3) is 0.500. The predicted octanol–water partition coefficient (Wildman–Crippen LogP) is 3.78. The van der Waals surface area contributed by atoms with Gasteiger partial charge in [-0.1, -0.05) is 25.1 Å². The summed E-state index contributed by atoms with van der Waals surface area (Å²) in [7, 11) is 0. The van der Waals surface area contributed by atoms with Gasteiger partial charge < -0.3 is 15.6 Å². The van der Waals surface area contributed by atoms with Crippen molar-refractivity contribution in [2.24, 2.45) is 4.99 Å². The number of guanidine groups is 1. The zero-order chi connectivity index (χ0) is 18.3. The van der Waals surface area contributed by atoms with Crippen LogP contribution in [0.1, 0.15) is 31.4 Å². The number of rotatable bonds is 7. The van der Waals surface area contributed by atoms with Crippen molar-refractivity contribution < 1.29 is 13.2 Å². The molecule has 0 fully saturated rings. The number of aromatic nitrogens is 1. The van der Waals surface area contributed by atoms with E-state index in [-0.39, 0.29) is 6.54 Å². The monoisotopic (exact) mass is 354 g/mol. The minimum absolute atomic E-state index is 0.272. The average Bonchev–Trinajstić information content (AvgIpc) is 2.97. The van der Waals surface area contributed by atoms with Crippen LogP contribution in [0, 0.1) is 0 Å². The Labute approximate surface area is 145 Å². The van der Waals surface area contributed by atoms with E-state index in [1.54, 1.807) is 0 Å². The third kappa shape index (κ3) is 5.69. The quantitative estimate of drug-likeness (QED) is 0.524. The van der Waals surface area contributed by atoms with Gasteiger partial charge >= 0.3 is 6.18 Å². The summed E-state index contributed by atoms with van der Waals surface area (Å²) in [6, 6.07) is 6.25. The van der Waals surface area contributed by atoms with E-state index in [2.05, 4.69) is 45.7 Å². The summed E-state index contributed by atoms with van der Waals surface area (Å²) in [5.41, 5.74) is 3.62. The minimum atomic E-state index is -4.18. The van der Waals surface area contributed by atoms with E-state index in [0.29, 0.717) is 19.0 Å². The average molecular weight is 354 g/mol. The van der Waals surface area contributed by atoms with Crippen molar-refractivity contribution in [1.82, 2.24) is 15.6 Å². The summed E-state index contributed by atoms with van der Waals surface area (Å²) in [6.07, 6.45) is -1.37. The van der Waals surface area contributed by atoms with Gasteiger partial charge in [0.1, 0.15) is 0 Å². The molecule has 25 heavy (non-hydrogen) atoms. The van der Waals surface area contributed by atoms with E-state index >= 15 is 0 Å². The smallest absolute Gasteiger partial charge is 0.361 e. The van der Waals surface area contributed by atoms with Crippen LogP contribution in [0.15, 0.2) is 29.4 Å². The molecule has 0 saturated carbocycles. The molecule has 0 amide bonds. The summed E-state index contributed by atoms with van der Waals surface area (Å²) in [6.45, 7) is 4.93. The van der Waals surface area contributed by atoms with E-state index < -0.39 is 12.6 Å². The third-order valence-corrected chi connectivity index (χ3v) is 3.96. The minimum Gasteiger partial charge on any atom is -0.361 e. The number of aryl methyl sites for hydroxylation is 1. The Morgan fingerprint density at radius 2 is 1.96 bits per heavy atom. The molecular weight excluding hydrogens is 329 g/mol. The summed E-state index contributed by atoms with van der Waals surface area (Å²) in [4.78, 5) is 7.30. The molecule has 4 nitrogen and oxygen atoms in total. The van der Waals surface area contributed by atoms with Gasteiger partial charge in [0.15, 0.2) is 5.96 Å². The van der Waals surface area contributed by atoms with Crippen molar-refractivity contribution in [3.05, 3.63) is 35.5 Å². The fourth-order valence-electron chi connectivity index (χ4n) is 2.73. The lowest BCUT2D eigenvalue weighted by Crippen LogP contribution is -2.38. The molecule has 3 N–H and O–H groups in total. The standard InChI is InChI=1S/C18H25F3N4/c1-3-13-6-5-7-15-14(12-25-16(13)15)8-10-23-17(22-4-2)24-11-9-18(19,20)21/h5-7,12,25H,3-4,8-11H2,1-2H3,(H2,22,23,24). The van der Waals surface area contributed by atoms with Crippen LogP contribution in [-0.4, -0.2) is 36.8 Å². The summed E-state index contributed by atoms with van der Waals surface area (Å²) in [5, 5.41) is 7.26. The van der Waals surface area contributed by atoms with E-state index in [1.807, 2.05) is 13.1 Å². The van der Waals surface area contributed by atoms with Crippen LogP contribution in [0.5, 0.6) is 0 Å². The van der Waals surface area contributed by atoms with Crippen molar-refractivity contribution in [2.75, 3.05) is 19.6 Å². The van der Waals surface area contributed by atoms with Crippen molar-refractivity contribution in [1.29, 1.82) is 0 Å². The number of para-hydroxylation sites is 1. The first-order chi connectivity index (χ1) is 11.9. The van der Waals surface area contributed by atoms with Gasteiger partial charge in [0, 0.05) is 30.2 Å². The predicted molar refractivity (Wildman–Crippen MR) is 96.0 cm³/mol. The highest BCUT2D eigenvalue weighted by Crippen LogP contribution is 2.22. The molecular formula is C18H25F3N4. The van der Waals surface area contributed by atoms with Gasteiger partial charge in [-0.25, -0.2) is 0 Å². The summed E-state index contributed by atoms with van der Waals surface area (Å²) in [5.74, 6) is 0.417. The molecule has 1 aromatic heterocycles. The number of H-pyrrole nitrogens is 1. The molecule has 0 bridgehead atoms. The lowest BCUT2D eigenvalue weighted by molar-refractivity contribution is -0.132. The van der Waals surface area contributed by atoms with Gasteiger partial charge in [-0.05, 0) is 30.9 Å². The highest BCUT2D eigenvalue weighted by molar-refractivity contribution is 5.86. The highest BCUT2D eigenvalue weighted by Gasteiger charge is 2.26. The van der Waals surface area contributed by atoms with Gasteiger partial charge in [-0.15, -0.1) is 0 Å². The Kier molecular flexibility index (Phi) is 6.73. The molecule has 2 aromatic rings. The van der Waals surface area contributed by atoms with E-state index in [1.165, 1.54) is 16.5 Å². The van der Waals surface area contributed by atoms with Gasteiger partial charge in [0.25, 0.3) is 0 Å². The maximum atomic E-state index is 12.2. The molecule has 138 valence electrons. The van der Waals surface area contributed by atoms with Crippen LogP contribution in [-0.2, 0) is 12.8 Å². The molecule has 0 radical (unpaired) electrons. The molecule has 0 spiro atoms. The number of alkyl halides is 3. The lowest BCUT2D eigenvalue weighted by atomic mass is 10.1. The first-order valence-corrected chi connectivity index (χ1v) is 8.61. The van der Waals surface area contributed by atoms with Crippen LogP contribution in [0.4, 0.5) is 13.2 Å². The SMILES string of the molecule is CCNC(=NCCC(F)(F)F)NCCc1c[nH]c2c(CC)cccc12. The van der Waals surface area contributed by atoms with Crippen molar-refractivity contribution >= 4 is 16.9 Å². The van der Waals surface area contributed by atoms with Gasteiger partial charge in [0.2, 0.25) is 0 Å². The largest absolute Gasteiger partial charge is 0.390 e. The number of nitrogens with one attached hydrogen (secondary N) is 3. The molecule has 2 rings (SSSR count). The number of benzene rings is 1. The van der Waals surface area contributed by atoms with Crippen LogP contribution >= 0.6 is 0 Å². The second-order valence-electron chi connectivity index (χ2n) is 5.81. The number of aromatic amines is 1. The van der Waals surface area contributed by atoms with E-state index in [9.17, 15) is 13.2 Å². The maximum Gasteiger partial charge on any atom is 0.390 e. The topological polar surface area (TPSA) is 52.2 Å². The Morgan fingerprint density at radius 3 is 2.64 bits per heavy atom. The molecule has 0 atom stereocenters. The van der Waals surface area contributed by atoms with Crippen LogP contribution in [0.3, 0.4) is 0 Å². The van der Waals surface area contributed by atoms with E-state index in [0.717, 1.165) is 18.4 Å². The number of hydrogen-bond acceptors (Lipinski definition) is 1. The zero-order valence-corrected chi connectivity index (χ0v) is 14.6. The molecule has 0 aliphatic carbocycles. The van der Waals surface area contributed by atoms with Crippen molar-refractivity contribution in [2.45, 2.75) is 39.3 Å². The molecule has 1 heterocycles. The number of fused-ring (bicyclic) bond motifs is 1. The Hall–Kier alpha value is -2.18.